The van der Waals surface area contributed by atoms with Crippen LogP contribution >= 0.6 is 0 Å². The second kappa shape index (κ2) is 5.44. The summed E-state index contributed by atoms with van der Waals surface area (Å²) in [4.78, 5) is 13.2. The van der Waals surface area contributed by atoms with E-state index in [0.29, 0.717) is 5.56 Å². The molecular formula is C13H15FN2O. The predicted molar refractivity (Wildman–Crippen MR) is 62.4 cm³/mol. The van der Waals surface area contributed by atoms with Crippen molar-refractivity contribution in [3.05, 3.63) is 35.6 Å². The normalized spacial score (nSPS) is 13.6. The molecule has 0 heterocycles. The molecule has 1 amide bonds. The maximum Gasteiger partial charge on any atom is 0.239 e. The first-order chi connectivity index (χ1) is 7.99. The molecule has 3 nitrogen and oxygen atoms in total. The van der Waals surface area contributed by atoms with Crippen LogP contribution in [0.1, 0.15) is 25.5 Å². The number of amides is 1. The van der Waals surface area contributed by atoms with Crippen molar-refractivity contribution in [3.63, 3.8) is 0 Å². The molecule has 90 valence electrons. The highest BCUT2D eigenvalue weighted by atomic mass is 19.1. The van der Waals surface area contributed by atoms with Crippen LogP contribution in [0.5, 0.6) is 0 Å². The number of hydrogen-bond donors (Lipinski definition) is 0. The van der Waals surface area contributed by atoms with Gasteiger partial charge in [-0.2, -0.15) is 5.26 Å². The lowest BCUT2D eigenvalue weighted by atomic mass is 10.0. The lowest BCUT2D eigenvalue weighted by molar-refractivity contribution is -0.133. The monoisotopic (exact) mass is 234 g/mol. The lowest BCUT2D eigenvalue weighted by Gasteiger charge is -2.26. The SMILES string of the molecule is CC(C#N)C(=O)N(C)C(C)c1ccccc1F. The summed E-state index contributed by atoms with van der Waals surface area (Å²) in [5.74, 6) is -1.36. The quantitative estimate of drug-likeness (QED) is 0.806. The maximum atomic E-state index is 13.5. The molecule has 1 aromatic rings. The van der Waals surface area contributed by atoms with Crippen LogP contribution < -0.4 is 0 Å². The van der Waals surface area contributed by atoms with Crippen molar-refractivity contribution in [2.75, 3.05) is 7.05 Å². The fourth-order valence-electron chi connectivity index (χ4n) is 1.57. The van der Waals surface area contributed by atoms with E-state index in [-0.39, 0.29) is 17.8 Å². The summed E-state index contributed by atoms with van der Waals surface area (Å²) in [6.07, 6.45) is 0. The summed E-state index contributed by atoms with van der Waals surface area (Å²) in [5.41, 5.74) is 0.452. The van der Waals surface area contributed by atoms with Crippen molar-refractivity contribution >= 4 is 5.91 Å². The Kier molecular flexibility index (Phi) is 4.22. The molecular weight excluding hydrogens is 219 g/mol. The van der Waals surface area contributed by atoms with Gasteiger partial charge in [0, 0.05) is 12.6 Å². The topological polar surface area (TPSA) is 44.1 Å². The fourth-order valence-corrected chi connectivity index (χ4v) is 1.57. The molecule has 0 fully saturated rings. The zero-order valence-electron chi connectivity index (χ0n) is 10.1. The van der Waals surface area contributed by atoms with Crippen LogP contribution in [0.25, 0.3) is 0 Å². The zero-order valence-corrected chi connectivity index (χ0v) is 10.1. The van der Waals surface area contributed by atoms with E-state index in [9.17, 15) is 9.18 Å². The van der Waals surface area contributed by atoms with Gasteiger partial charge in [-0.1, -0.05) is 18.2 Å². The average Bonchev–Trinajstić information content (AvgIpc) is 2.35. The highest BCUT2D eigenvalue weighted by Crippen LogP contribution is 2.22. The van der Waals surface area contributed by atoms with E-state index >= 15 is 0 Å². The molecule has 0 bridgehead atoms. The summed E-state index contributed by atoms with van der Waals surface area (Å²) < 4.78 is 13.5. The predicted octanol–water partition coefficient (Wildman–Crippen LogP) is 2.50. The van der Waals surface area contributed by atoms with Gasteiger partial charge in [0.15, 0.2) is 0 Å². The smallest absolute Gasteiger partial charge is 0.239 e. The number of rotatable bonds is 3. The Morgan fingerprint density at radius 1 is 1.41 bits per heavy atom. The number of hydrogen-bond acceptors (Lipinski definition) is 2. The largest absolute Gasteiger partial charge is 0.338 e. The third-order valence-electron chi connectivity index (χ3n) is 2.85. The minimum Gasteiger partial charge on any atom is -0.338 e. The summed E-state index contributed by atoms with van der Waals surface area (Å²) in [6, 6.07) is 7.82. The molecule has 0 saturated carbocycles. The fraction of sp³-hybridized carbons (Fsp3) is 0.385. The Morgan fingerprint density at radius 2 is 2.00 bits per heavy atom. The molecule has 0 aromatic heterocycles. The minimum atomic E-state index is -0.714. The summed E-state index contributed by atoms with van der Waals surface area (Å²) in [6.45, 7) is 3.27. The van der Waals surface area contributed by atoms with Crippen molar-refractivity contribution < 1.29 is 9.18 Å². The molecule has 2 atom stereocenters. The third kappa shape index (κ3) is 2.82. The van der Waals surface area contributed by atoms with E-state index in [4.69, 9.17) is 5.26 Å². The van der Waals surface area contributed by atoms with E-state index in [2.05, 4.69) is 0 Å². The summed E-state index contributed by atoms with van der Waals surface area (Å²) >= 11 is 0. The summed E-state index contributed by atoms with van der Waals surface area (Å²) in [5, 5.41) is 8.69. The highest BCUT2D eigenvalue weighted by molar-refractivity contribution is 5.80. The van der Waals surface area contributed by atoms with E-state index in [1.54, 1.807) is 32.2 Å². The van der Waals surface area contributed by atoms with Gasteiger partial charge < -0.3 is 4.90 Å². The molecule has 0 radical (unpaired) electrons. The molecule has 4 heteroatoms. The Bertz CT molecular complexity index is 453. The Labute approximate surface area is 100 Å². The van der Waals surface area contributed by atoms with Gasteiger partial charge in [-0.25, -0.2) is 4.39 Å². The number of nitriles is 1. The van der Waals surface area contributed by atoms with Crippen molar-refractivity contribution in [1.82, 2.24) is 4.90 Å². The van der Waals surface area contributed by atoms with Crippen LogP contribution in [-0.4, -0.2) is 17.9 Å². The van der Waals surface area contributed by atoms with E-state index in [1.807, 2.05) is 6.07 Å². The first kappa shape index (κ1) is 13.2. The first-order valence-electron chi connectivity index (χ1n) is 5.39. The molecule has 2 unspecified atom stereocenters. The van der Waals surface area contributed by atoms with Gasteiger partial charge in [-0.05, 0) is 19.9 Å². The van der Waals surface area contributed by atoms with Crippen LogP contribution in [0.4, 0.5) is 4.39 Å². The van der Waals surface area contributed by atoms with Gasteiger partial charge in [0.2, 0.25) is 5.91 Å². The van der Waals surface area contributed by atoms with Crippen LogP contribution in [0.3, 0.4) is 0 Å². The molecule has 0 aliphatic heterocycles. The second-order valence-corrected chi connectivity index (χ2v) is 4.00. The Balaban J connectivity index is 2.92. The van der Waals surface area contributed by atoms with Gasteiger partial charge in [-0.15, -0.1) is 0 Å². The standard InChI is InChI=1S/C13H15FN2O/c1-9(8-15)13(17)16(3)10(2)11-6-4-5-7-12(11)14/h4-7,9-10H,1-3H3. The van der Waals surface area contributed by atoms with Crippen molar-refractivity contribution in [3.8, 4) is 6.07 Å². The third-order valence-corrected chi connectivity index (χ3v) is 2.85. The second-order valence-electron chi connectivity index (χ2n) is 4.00. The number of carbonyl (C=O) groups is 1. The molecule has 0 N–H and O–H groups in total. The minimum absolute atomic E-state index is 0.303. The van der Waals surface area contributed by atoms with Crippen LogP contribution in [0.2, 0.25) is 0 Å². The van der Waals surface area contributed by atoms with Gasteiger partial charge >= 0.3 is 0 Å². The van der Waals surface area contributed by atoms with Gasteiger partial charge in [-0.3, -0.25) is 4.79 Å². The molecule has 1 aromatic carbocycles. The highest BCUT2D eigenvalue weighted by Gasteiger charge is 2.23. The van der Waals surface area contributed by atoms with Crippen LogP contribution in [0.15, 0.2) is 24.3 Å². The van der Waals surface area contributed by atoms with Gasteiger partial charge in [0.05, 0.1) is 12.1 Å². The van der Waals surface area contributed by atoms with Crippen molar-refractivity contribution in [2.24, 2.45) is 5.92 Å². The number of benzene rings is 1. The number of carbonyl (C=O) groups excluding carboxylic acids is 1. The van der Waals surface area contributed by atoms with Crippen molar-refractivity contribution in [1.29, 1.82) is 5.26 Å². The Hall–Kier alpha value is -1.89. The maximum absolute atomic E-state index is 13.5. The van der Waals surface area contributed by atoms with Gasteiger partial charge in [0.25, 0.3) is 0 Å². The molecule has 0 spiro atoms. The Morgan fingerprint density at radius 3 is 2.53 bits per heavy atom. The van der Waals surface area contributed by atoms with Gasteiger partial charge in [0.1, 0.15) is 11.7 Å². The zero-order chi connectivity index (χ0) is 13.0. The number of nitrogens with zero attached hydrogens (tertiary/aromatic N) is 2. The van der Waals surface area contributed by atoms with E-state index in [1.165, 1.54) is 17.9 Å². The molecule has 0 aliphatic carbocycles. The molecule has 1 rings (SSSR count). The first-order valence-corrected chi connectivity index (χ1v) is 5.39. The molecule has 0 aliphatic rings. The van der Waals surface area contributed by atoms with Crippen LogP contribution in [-0.2, 0) is 4.79 Å². The average molecular weight is 234 g/mol. The van der Waals surface area contributed by atoms with Crippen molar-refractivity contribution in [2.45, 2.75) is 19.9 Å². The molecule has 17 heavy (non-hydrogen) atoms. The molecule has 0 saturated heterocycles. The van der Waals surface area contributed by atoms with Crippen LogP contribution in [0, 0.1) is 23.1 Å². The lowest BCUT2D eigenvalue weighted by Crippen LogP contribution is -2.33. The summed E-state index contributed by atoms with van der Waals surface area (Å²) in [7, 11) is 1.58. The van der Waals surface area contributed by atoms with E-state index < -0.39 is 5.92 Å². The number of halogens is 1. The van der Waals surface area contributed by atoms with E-state index in [0.717, 1.165) is 0 Å².